The topological polar surface area (TPSA) is 30.5 Å². The lowest BCUT2D eigenvalue weighted by Gasteiger charge is -2.20. The molecule has 0 spiro atoms. The molecule has 1 aromatic rings. The molecule has 0 saturated carbocycles. The highest BCUT2D eigenvalue weighted by Gasteiger charge is 2.28. The molecule has 0 heterocycles. The van der Waals surface area contributed by atoms with Crippen molar-refractivity contribution in [2.75, 3.05) is 26.9 Å². The summed E-state index contributed by atoms with van der Waals surface area (Å²) in [6.45, 7) is 3.31. The molecule has 0 aliphatic heterocycles. The molecule has 1 rings (SSSR count). The molecule has 0 aliphatic carbocycles. The lowest BCUT2D eigenvalue weighted by molar-refractivity contribution is -0.175. The first-order valence-corrected chi connectivity index (χ1v) is 6.87. The number of alkyl halides is 3. The fraction of sp³-hybridized carbons (Fsp3) is 0.600. The van der Waals surface area contributed by atoms with Crippen LogP contribution in [0.2, 0.25) is 0 Å². The van der Waals surface area contributed by atoms with Gasteiger partial charge in [-0.05, 0) is 31.5 Å². The lowest BCUT2D eigenvalue weighted by Crippen LogP contribution is -2.36. The van der Waals surface area contributed by atoms with E-state index in [1.165, 1.54) is 0 Å². The zero-order valence-electron chi connectivity index (χ0n) is 12.6. The van der Waals surface area contributed by atoms with Crippen LogP contribution in [-0.4, -0.2) is 39.1 Å². The van der Waals surface area contributed by atoms with Gasteiger partial charge in [-0.25, -0.2) is 0 Å². The molecule has 120 valence electrons. The Balaban J connectivity index is 2.67. The summed E-state index contributed by atoms with van der Waals surface area (Å²) in [6, 6.07) is 5.59. The van der Waals surface area contributed by atoms with Crippen molar-refractivity contribution in [2.24, 2.45) is 0 Å². The fourth-order valence-electron chi connectivity index (χ4n) is 2.13. The third-order valence-electron chi connectivity index (χ3n) is 2.98. The second-order valence-corrected chi connectivity index (χ2v) is 4.90. The van der Waals surface area contributed by atoms with Crippen LogP contribution < -0.4 is 10.1 Å². The summed E-state index contributed by atoms with van der Waals surface area (Å²) in [6.07, 6.45) is -3.74. The first-order valence-electron chi connectivity index (χ1n) is 6.87. The second kappa shape index (κ2) is 8.24. The minimum atomic E-state index is -4.29. The van der Waals surface area contributed by atoms with Crippen molar-refractivity contribution < 1.29 is 22.6 Å². The molecule has 0 saturated heterocycles. The molecule has 0 aliphatic rings. The second-order valence-electron chi connectivity index (χ2n) is 4.90. The Kier molecular flexibility index (Phi) is 6.98. The maximum Gasteiger partial charge on any atom is 0.411 e. The average Bonchev–Trinajstić information content (AvgIpc) is 2.37. The van der Waals surface area contributed by atoms with Crippen molar-refractivity contribution >= 4 is 0 Å². The van der Waals surface area contributed by atoms with Crippen LogP contribution in [0.15, 0.2) is 18.2 Å². The molecule has 1 atom stereocenters. The molecule has 21 heavy (non-hydrogen) atoms. The van der Waals surface area contributed by atoms with Gasteiger partial charge in [0.1, 0.15) is 12.4 Å². The quantitative estimate of drug-likeness (QED) is 0.800. The van der Waals surface area contributed by atoms with Crippen LogP contribution in [0.4, 0.5) is 13.2 Å². The summed E-state index contributed by atoms with van der Waals surface area (Å²) in [4.78, 5) is 0. The predicted molar refractivity (Wildman–Crippen MR) is 75.8 cm³/mol. The van der Waals surface area contributed by atoms with Crippen LogP contribution in [0, 0.1) is 6.92 Å². The van der Waals surface area contributed by atoms with Gasteiger partial charge in [0.2, 0.25) is 0 Å². The van der Waals surface area contributed by atoms with Crippen LogP contribution in [-0.2, 0) is 11.2 Å². The van der Waals surface area contributed by atoms with E-state index in [0.717, 1.165) is 16.9 Å². The van der Waals surface area contributed by atoms with Gasteiger partial charge in [-0.15, -0.1) is 0 Å². The van der Waals surface area contributed by atoms with E-state index in [-0.39, 0.29) is 12.6 Å². The van der Waals surface area contributed by atoms with Crippen molar-refractivity contribution in [3.8, 4) is 5.75 Å². The van der Waals surface area contributed by atoms with E-state index in [2.05, 4.69) is 5.32 Å². The van der Waals surface area contributed by atoms with Crippen molar-refractivity contribution in [3.63, 3.8) is 0 Å². The molecule has 0 amide bonds. The molecule has 0 bridgehead atoms. The van der Waals surface area contributed by atoms with Gasteiger partial charge in [0.05, 0.1) is 13.7 Å². The largest absolute Gasteiger partial charge is 0.496 e. The van der Waals surface area contributed by atoms with E-state index in [1.54, 1.807) is 7.11 Å². The van der Waals surface area contributed by atoms with Crippen LogP contribution in [0.25, 0.3) is 0 Å². The normalized spacial score (nSPS) is 13.2. The number of ether oxygens (including phenoxy) is 2. The summed E-state index contributed by atoms with van der Waals surface area (Å²) in [7, 11) is 1.58. The Morgan fingerprint density at radius 2 is 2.00 bits per heavy atom. The molecular formula is C15H22F3NO2. The lowest BCUT2D eigenvalue weighted by atomic mass is 10.0. The third kappa shape index (κ3) is 6.82. The van der Waals surface area contributed by atoms with Crippen molar-refractivity contribution in [3.05, 3.63) is 29.3 Å². The molecule has 1 unspecified atom stereocenters. The van der Waals surface area contributed by atoms with Crippen LogP contribution >= 0.6 is 0 Å². The van der Waals surface area contributed by atoms with Gasteiger partial charge in [0.25, 0.3) is 0 Å². The van der Waals surface area contributed by atoms with Crippen molar-refractivity contribution in [1.29, 1.82) is 0 Å². The Morgan fingerprint density at radius 1 is 1.29 bits per heavy atom. The highest BCUT2D eigenvalue weighted by Crippen LogP contribution is 2.21. The van der Waals surface area contributed by atoms with E-state index in [9.17, 15) is 13.2 Å². The van der Waals surface area contributed by atoms with Gasteiger partial charge in [-0.1, -0.05) is 24.6 Å². The minimum Gasteiger partial charge on any atom is -0.496 e. The summed E-state index contributed by atoms with van der Waals surface area (Å²) in [5.41, 5.74) is 2.04. The Hall–Kier alpha value is -1.27. The number of nitrogens with one attached hydrogen (secondary N) is 1. The molecular weight excluding hydrogens is 283 g/mol. The van der Waals surface area contributed by atoms with Crippen molar-refractivity contribution in [1.82, 2.24) is 5.32 Å². The number of hydrogen-bond donors (Lipinski definition) is 1. The fourth-order valence-corrected chi connectivity index (χ4v) is 2.13. The number of hydrogen-bond acceptors (Lipinski definition) is 3. The molecule has 0 aromatic heterocycles. The van der Waals surface area contributed by atoms with E-state index in [1.807, 2.05) is 32.0 Å². The first-order chi connectivity index (χ1) is 9.85. The molecule has 6 heteroatoms. The highest BCUT2D eigenvalue weighted by molar-refractivity contribution is 5.37. The first kappa shape index (κ1) is 17.8. The van der Waals surface area contributed by atoms with Crippen LogP contribution in [0.3, 0.4) is 0 Å². The van der Waals surface area contributed by atoms with E-state index in [0.29, 0.717) is 13.0 Å². The molecule has 0 fully saturated rings. The number of halogens is 3. The maximum atomic E-state index is 12.1. The van der Waals surface area contributed by atoms with E-state index < -0.39 is 12.8 Å². The number of likely N-dealkylation sites (N-methyl/N-ethyl adjacent to an activating group) is 1. The van der Waals surface area contributed by atoms with Crippen LogP contribution in [0.1, 0.15) is 18.1 Å². The third-order valence-corrected chi connectivity index (χ3v) is 2.98. The van der Waals surface area contributed by atoms with Gasteiger partial charge in [0, 0.05) is 6.04 Å². The van der Waals surface area contributed by atoms with Gasteiger partial charge in [-0.3, -0.25) is 0 Å². The monoisotopic (exact) mass is 305 g/mol. The molecule has 3 nitrogen and oxygen atoms in total. The van der Waals surface area contributed by atoms with Gasteiger partial charge in [-0.2, -0.15) is 13.2 Å². The molecule has 1 aromatic carbocycles. The summed E-state index contributed by atoms with van der Waals surface area (Å²) in [5, 5.41) is 3.14. The Morgan fingerprint density at radius 3 is 2.57 bits per heavy atom. The number of aryl methyl sites for hydroxylation is 1. The van der Waals surface area contributed by atoms with E-state index >= 15 is 0 Å². The zero-order chi connectivity index (χ0) is 15.9. The molecule has 0 radical (unpaired) electrons. The average molecular weight is 305 g/mol. The van der Waals surface area contributed by atoms with Gasteiger partial charge < -0.3 is 14.8 Å². The smallest absolute Gasteiger partial charge is 0.411 e. The Labute approximate surface area is 123 Å². The SMILES string of the molecule is CCNC(COCC(F)(F)F)Cc1cc(C)ccc1OC. The summed E-state index contributed by atoms with van der Waals surface area (Å²) < 4.78 is 46.4. The standard InChI is InChI=1S/C15H22F3NO2/c1-4-19-13(9-21-10-15(16,17)18)8-12-7-11(2)5-6-14(12)20-3/h5-7,13,19H,4,8-10H2,1-3H3. The summed E-state index contributed by atoms with van der Waals surface area (Å²) in [5.74, 6) is 0.735. The maximum absolute atomic E-state index is 12.1. The van der Waals surface area contributed by atoms with Gasteiger partial charge >= 0.3 is 6.18 Å². The van der Waals surface area contributed by atoms with Crippen molar-refractivity contribution in [2.45, 2.75) is 32.5 Å². The predicted octanol–water partition coefficient (Wildman–Crippen LogP) is 3.10. The number of methoxy groups -OCH3 is 1. The number of rotatable bonds is 8. The van der Waals surface area contributed by atoms with E-state index in [4.69, 9.17) is 9.47 Å². The number of benzene rings is 1. The Bertz CT molecular complexity index is 435. The van der Waals surface area contributed by atoms with Crippen LogP contribution in [0.5, 0.6) is 5.75 Å². The summed E-state index contributed by atoms with van der Waals surface area (Å²) >= 11 is 0. The highest BCUT2D eigenvalue weighted by atomic mass is 19.4. The van der Waals surface area contributed by atoms with Gasteiger partial charge in [0.15, 0.2) is 0 Å². The minimum absolute atomic E-state index is 0.00441. The zero-order valence-corrected chi connectivity index (χ0v) is 12.6. The molecule has 1 N–H and O–H groups in total.